The van der Waals surface area contributed by atoms with Crippen LogP contribution in [0.5, 0.6) is 23.0 Å². The summed E-state index contributed by atoms with van der Waals surface area (Å²) in [5.74, 6) is 1.67. The van der Waals surface area contributed by atoms with Crippen LogP contribution in [-0.4, -0.2) is 141 Å². The maximum atomic E-state index is 14.0. The van der Waals surface area contributed by atoms with Gasteiger partial charge in [-0.15, -0.1) is 0 Å². The molecule has 11 rings (SSSR count). The molecule has 20 heteroatoms. The van der Waals surface area contributed by atoms with Gasteiger partial charge in [-0.2, -0.15) is 0 Å². The molecule has 1 unspecified atom stereocenters. The number of rotatable bonds is 33. The molecule has 2 N–H and O–H groups in total. The topological polar surface area (TPSA) is 214 Å². The van der Waals surface area contributed by atoms with E-state index in [1.807, 2.05) is 133 Å². The summed E-state index contributed by atoms with van der Waals surface area (Å²) in [5.41, 5.74) is 6.91. The molecule has 1 aliphatic carbocycles. The molecule has 2 aliphatic heterocycles. The minimum absolute atomic E-state index is 0.191. The normalized spacial score (nSPS) is 13.7. The number of hydrogen-bond acceptors (Lipinski definition) is 17. The maximum Gasteiger partial charge on any atom is 0.584 e. The predicted octanol–water partition coefficient (Wildman–Crippen LogP) is 12.2. The van der Waals surface area contributed by atoms with E-state index in [1.54, 1.807) is 18.2 Å². The molecular weight excluding hydrogens is 1170 g/mol. The second-order valence-corrected chi connectivity index (χ2v) is 22.3. The van der Waals surface area contributed by atoms with Crippen molar-refractivity contribution in [3.63, 3.8) is 0 Å². The number of ether oxygens (including phenoxy) is 9. The van der Waals surface area contributed by atoms with Crippen molar-refractivity contribution in [2.24, 2.45) is 0 Å². The number of amides is 1. The van der Waals surface area contributed by atoms with Crippen molar-refractivity contribution in [3.8, 4) is 67.8 Å². The Bertz CT molecular complexity index is 4130. The maximum absolute atomic E-state index is 14.0. The molecule has 0 spiro atoms. The van der Waals surface area contributed by atoms with Crippen LogP contribution in [0.4, 0.5) is 5.69 Å². The minimum atomic E-state index is -4.70. The van der Waals surface area contributed by atoms with Crippen LogP contribution in [0.3, 0.4) is 0 Å². The molecule has 19 nitrogen and oxygen atoms in total. The van der Waals surface area contributed by atoms with E-state index in [9.17, 15) is 19.0 Å². The van der Waals surface area contributed by atoms with Gasteiger partial charge in [-0.05, 0) is 101 Å². The molecule has 0 saturated carbocycles. The Morgan fingerprint density at radius 3 is 1.60 bits per heavy atom. The van der Waals surface area contributed by atoms with Crippen molar-refractivity contribution in [1.29, 1.82) is 0 Å². The third-order valence-corrected chi connectivity index (χ3v) is 15.9. The third kappa shape index (κ3) is 15.7. The van der Waals surface area contributed by atoms with Crippen LogP contribution in [-0.2, 0) is 42.5 Å². The molecule has 8 aromatic carbocycles. The number of aromatic nitrogens is 1. The fourth-order valence-corrected chi connectivity index (χ4v) is 11.7. The van der Waals surface area contributed by atoms with E-state index in [0.29, 0.717) is 173 Å². The number of phosphoric ester groups is 1. The molecule has 2 heterocycles. The molecule has 0 fully saturated rings. The number of hydrogen-bond donors (Lipinski definition) is 2. The Kier molecular flexibility index (Phi) is 21.6. The van der Waals surface area contributed by atoms with Gasteiger partial charge in [-0.25, -0.2) is 9.55 Å². The zero-order valence-corrected chi connectivity index (χ0v) is 51.3. The van der Waals surface area contributed by atoms with Crippen LogP contribution in [0, 0.1) is 0 Å². The predicted molar refractivity (Wildman–Crippen MR) is 347 cm³/mol. The number of phosphoric acid groups is 1. The number of fused-ring (bicyclic) bond motifs is 11. The third-order valence-electron chi connectivity index (χ3n) is 15.1. The van der Waals surface area contributed by atoms with Gasteiger partial charge in [0.1, 0.15) is 40.8 Å². The van der Waals surface area contributed by atoms with Gasteiger partial charge in [-0.1, -0.05) is 91.0 Å². The van der Waals surface area contributed by atoms with Gasteiger partial charge >= 0.3 is 7.82 Å². The van der Waals surface area contributed by atoms with Gasteiger partial charge in [0.25, 0.3) is 5.91 Å². The molecule has 0 bridgehead atoms. The Hall–Kier alpha value is -8.46. The lowest BCUT2D eigenvalue weighted by Crippen LogP contribution is -2.31. The van der Waals surface area contributed by atoms with Gasteiger partial charge in [0.2, 0.25) is 0 Å². The molecule has 0 saturated heterocycles. The number of carbonyl (C=O) groups is 1. The lowest BCUT2D eigenvalue weighted by Gasteiger charge is -2.21. The molecule has 1 atom stereocenters. The van der Waals surface area contributed by atoms with E-state index in [2.05, 4.69) is 24.1 Å². The van der Waals surface area contributed by atoms with Gasteiger partial charge < -0.3 is 66.3 Å². The van der Waals surface area contributed by atoms with Crippen molar-refractivity contribution in [2.45, 2.75) is 13.8 Å². The van der Waals surface area contributed by atoms with Crippen LogP contribution in [0.1, 0.15) is 13.8 Å². The second kappa shape index (κ2) is 30.8. The largest absolute Gasteiger partial charge is 0.584 e. The summed E-state index contributed by atoms with van der Waals surface area (Å²) in [6.45, 7) is 11.9. The molecule has 90 heavy (non-hydrogen) atoms. The Morgan fingerprint density at radius 1 is 0.522 bits per heavy atom. The summed E-state index contributed by atoms with van der Waals surface area (Å²) >= 11 is 0. The first-order chi connectivity index (χ1) is 44.1. The van der Waals surface area contributed by atoms with Crippen LogP contribution >= 0.6 is 7.82 Å². The van der Waals surface area contributed by atoms with Gasteiger partial charge in [0.15, 0.2) is 23.4 Å². The first-order valence-electron chi connectivity index (χ1n) is 30.3. The Balaban J connectivity index is 0.505. The van der Waals surface area contributed by atoms with E-state index in [1.165, 1.54) is 6.07 Å². The van der Waals surface area contributed by atoms with Crippen LogP contribution in [0.2, 0.25) is 0 Å². The quantitative estimate of drug-likeness (QED) is 0.0169. The lowest BCUT2D eigenvalue weighted by molar-refractivity contribution is -0.123. The average Bonchev–Trinajstić information content (AvgIpc) is 1.38. The van der Waals surface area contributed by atoms with Gasteiger partial charge in [0, 0.05) is 70.5 Å². The fraction of sp³-hybridized carbons (Fsp3) is 0.300. The average molecular weight is 1240 g/mol. The SMILES string of the molecule is CCN(CC)c1ccc2nc3c4cc(OCC(=O)NCCOCCOCCOCCOCCOCCOCCOCCOc5ccc(-c6cc7ccccc7c7c6OP(=O)(O)Oc6c(-c8ccccc8)cc8ccccc8c6-7)cc5)ccc4c(=O)cc-3oc2c1. The molecule has 1 amide bonds. The van der Waals surface area contributed by atoms with Crippen molar-refractivity contribution in [1.82, 2.24) is 10.3 Å². The lowest BCUT2D eigenvalue weighted by atomic mass is 9.86. The zero-order chi connectivity index (χ0) is 62.1. The number of anilines is 1. The van der Waals surface area contributed by atoms with E-state index in [-0.39, 0.29) is 29.4 Å². The highest BCUT2D eigenvalue weighted by atomic mass is 31.2. The van der Waals surface area contributed by atoms with Crippen LogP contribution < -0.4 is 34.2 Å². The first kappa shape index (κ1) is 63.1. The molecule has 0 radical (unpaired) electrons. The monoisotopic (exact) mass is 1240 g/mol. The number of nitrogens with one attached hydrogen (secondary N) is 1. The van der Waals surface area contributed by atoms with E-state index >= 15 is 0 Å². The van der Waals surface area contributed by atoms with E-state index in [0.717, 1.165) is 51.4 Å². The van der Waals surface area contributed by atoms with E-state index < -0.39 is 7.82 Å². The summed E-state index contributed by atoms with van der Waals surface area (Å²) in [4.78, 5) is 44.0. The molecule has 0 aromatic heterocycles. The summed E-state index contributed by atoms with van der Waals surface area (Å²) in [7, 11) is -4.70. The van der Waals surface area contributed by atoms with Crippen LogP contribution in [0.25, 0.3) is 88.3 Å². The van der Waals surface area contributed by atoms with Crippen molar-refractivity contribution >= 4 is 62.8 Å². The van der Waals surface area contributed by atoms with Crippen molar-refractivity contribution in [3.05, 3.63) is 168 Å². The highest BCUT2D eigenvalue weighted by Crippen LogP contribution is 2.61. The van der Waals surface area contributed by atoms with Gasteiger partial charge in [-0.3, -0.25) is 14.5 Å². The number of nitrogens with zero attached hydrogens (tertiary/aromatic N) is 2. The highest BCUT2D eigenvalue weighted by molar-refractivity contribution is 7.48. The van der Waals surface area contributed by atoms with Crippen LogP contribution in [0.15, 0.2) is 167 Å². The minimum Gasteiger partial charge on any atom is -0.491 e. The Morgan fingerprint density at radius 2 is 1.03 bits per heavy atom. The smallest absolute Gasteiger partial charge is 0.491 e. The first-order valence-corrected chi connectivity index (χ1v) is 31.8. The van der Waals surface area contributed by atoms with Crippen molar-refractivity contribution < 1.29 is 70.3 Å². The highest BCUT2D eigenvalue weighted by Gasteiger charge is 2.38. The summed E-state index contributed by atoms with van der Waals surface area (Å²) < 4.78 is 83.4. The molecule has 468 valence electrons. The summed E-state index contributed by atoms with van der Waals surface area (Å²) in [6.07, 6.45) is 0. The fourth-order valence-electron chi connectivity index (χ4n) is 10.8. The molecule has 8 aromatic rings. The summed E-state index contributed by atoms with van der Waals surface area (Å²) in [5, 5.41) is 7.45. The zero-order valence-electron chi connectivity index (χ0n) is 50.4. The van der Waals surface area contributed by atoms with Gasteiger partial charge in [0.05, 0.1) is 92.5 Å². The standard InChI is InChI=1S/C70H72N3O16P/c1-3-73(4-2)52-20-25-61-63(44-52)87-64-46-62(74)57-24-23-54(45-60(57)68(64)72-61)86-47-65(75)71-26-27-78-28-29-79-30-31-80-32-33-81-34-35-82-36-37-83-38-39-84-40-41-85-53-21-18-49(19-22-53)59-43-51-15-9-11-17-56(51)67-66-55-16-10-8-14-50(55)42-58(48-12-6-5-7-13-48)69(66)88-90(76,77)89-70(59)67/h5-25,42-46H,3-4,26-41,47H2,1-2H3,(H,71,75)(H,76,77). The van der Waals surface area contributed by atoms with Crippen molar-refractivity contribution in [2.75, 3.05) is 130 Å². The summed E-state index contributed by atoms with van der Waals surface area (Å²) in [6, 6.07) is 49.5. The molecular formula is C70H72N3O16P. The van der Waals surface area contributed by atoms with E-state index in [4.69, 9.17) is 61.1 Å². The number of benzene rings is 9. The number of carbonyl (C=O) groups excluding carboxylic acids is 1. The molecule has 3 aliphatic rings. The second-order valence-electron chi connectivity index (χ2n) is 21.0. The Labute approximate surface area is 521 Å².